The molecule has 0 saturated heterocycles. The molecule has 140 valence electrons. The Hall–Kier alpha value is -2.05. The van der Waals surface area contributed by atoms with E-state index in [4.69, 9.17) is 16.3 Å². The summed E-state index contributed by atoms with van der Waals surface area (Å²) in [6.07, 6.45) is 1.75. The van der Waals surface area contributed by atoms with Crippen LogP contribution < -0.4 is 10.1 Å². The average Bonchev–Trinajstić information content (AvgIpc) is 2.97. The molecule has 0 bridgehead atoms. The minimum atomic E-state index is -0.0618. The third kappa shape index (κ3) is 4.02. The Balaban J connectivity index is 1.67. The fraction of sp³-hybridized carbons (Fsp3) is 0.474. The zero-order valence-corrected chi connectivity index (χ0v) is 16.4. The number of benzene rings is 1. The third-order valence-corrected chi connectivity index (χ3v) is 4.94. The normalized spacial score (nSPS) is 13.2. The smallest absolute Gasteiger partial charge is 0.241 e. The Bertz CT molecular complexity index is 810. The highest BCUT2D eigenvalue weighted by Crippen LogP contribution is 2.38. The molecule has 1 aliphatic heterocycles. The molecule has 26 heavy (non-hydrogen) atoms. The van der Waals surface area contributed by atoms with E-state index in [1.807, 2.05) is 12.1 Å². The summed E-state index contributed by atoms with van der Waals surface area (Å²) in [5.41, 5.74) is 2.81. The zero-order valence-electron chi connectivity index (χ0n) is 15.7. The molecule has 7 heteroatoms. The maximum atomic E-state index is 12.4. The summed E-state index contributed by atoms with van der Waals surface area (Å²) in [5.74, 6) is 0.698. The van der Waals surface area contributed by atoms with Crippen molar-refractivity contribution in [3.8, 4) is 17.0 Å². The Kier molecular flexibility index (Phi) is 5.25. The molecule has 0 aliphatic carbocycles. The van der Waals surface area contributed by atoms with Gasteiger partial charge in [-0.05, 0) is 46.0 Å². The predicted octanol–water partition coefficient (Wildman–Crippen LogP) is 2.94. The summed E-state index contributed by atoms with van der Waals surface area (Å²) in [6, 6.07) is 5.49. The minimum Gasteiger partial charge on any atom is -0.488 e. The van der Waals surface area contributed by atoms with Crippen LogP contribution in [0.15, 0.2) is 24.4 Å². The van der Waals surface area contributed by atoms with Gasteiger partial charge in [0.15, 0.2) is 0 Å². The van der Waals surface area contributed by atoms with Crippen molar-refractivity contribution in [2.75, 3.05) is 20.1 Å². The van der Waals surface area contributed by atoms with Gasteiger partial charge in [-0.3, -0.25) is 14.4 Å². The predicted molar refractivity (Wildman–Crippen MR) is 102 cm³/mol. The van der Waals surface area contributed by atoms with Crippen LogP contribution >= 0.6 is 11.6 Å². The molecule has 0 fully saturated rings. The van der Waals surface area contributed by atoms with Crippen molar-refractivity contribution < 1.29 is 9.53 Å². The molecule has 0 atom stereocenters. The van der Waals surface area contributed by atoms with Gasteiger partial charge in [0, 0.05) is 34.8 Å². The molecule has 2 aromatic rings. The van der Waals surface area contributed by atoms with E-state index in [2.05, 4.69) is 43.1 Å². The standard InChI is InChI=1S/C19H25ClN4O2/c1-19(2,3)23(4)8-7-21-17(25)11-24-18-13(10-22-24)12-26-16-6-5-14(20)9-15(16)18/h5-6,9-10H,7-8,11-12H2,1-4H3,(H,21,25). The van der Waals surface area contributed by atoms with Crippen LogP contribution in [0, 0.1) is 0 Å². The Morgan fingerprint density at radius 3 is 2.92 bits per heavy atom. The Morgan fingerprint density at radius 2 is 2.19 bits per heavy atom. The number of amides is 1. The number of ether oxygens (including phenoxy) is 1. The molecule has 1 N–H and O–H groups in total. The Morgan fingerprint density at radius 1 is 1.42 bits per heavy atom. The van der Waals surface area contributed by atoms with Crippen molar-refractivity contribution in [3.63, 3.8) is 0 Å². The number of carbonyl (C=O) groups excluding carboxylic acids is 1. The fourth-order valence-corrected chi connectivity index (χ4v) is 2.99. The van der Waals surface area contributed by atoms with Gasteiger partial charge in [-0.25, -0.2) is 0 Å². The van der Waals surface area contributed by atoms with E-state index in [1.54, 1.807) is 16.9 Å². The molecular weight excluding hydrogens is 352 g/mol. The number of aromatic nitrogens is 2. The summed E-state index contributed by atoms with van der Waals surface area (Å²) in [4.78, 5) is 14.6. The number of nitrogens with zero attached hydrogens (tertiary/aromatic N) is 3. The first-order valence-corrected chi connectivity index (χ1v) is 9.09. The number of likely N-dealkylation sites (N-methyl/N-ethyl adjacent to an activating group) is 1. The van der Waals surface area contributed by atoms with Gasteiger partial charge in [-0.1, -0.05) is 11.6 Å². The lowest BCUT2D eigenvalue weighted by molar-refractivity contribution is -0.121. The number of nitrogens with one attached hydrogen (secondary N) is 1. The van der Waals surface area contributed by atoms with Gasteiger partial charge in [-0.2, -0.15) is 5.10 Å². The Labute approximate surface area is 159 Å². The van der Waals surface area contributed by atoms with Gasteiger partial charge < -0.3 is 10.1 Å². The molecule has 1 amide bonds. The van der Waals surface area contributed by atoms with Crippen molar-refractivity contribution in [1.82, 2.24) is 20.0 Å². The second-order valence-electron chi connectivity index (χ2n) is 7.55. The topological polar surface area (TPSA) is 59.4 Å². The van der Waals surface area contributed by atoms with Crippen LogP contribution in [-0.2, 0) is 17.9 Å². The van der Waals surface area contributed by atoms with Gasteiger partial charge >= 0.3 is 0 Å². The van der Waals surface area contributed by atoms with Crippen LogP contribution in [0.2, 0.25) is 5.02 Å². The van der Waals surface area contributed by atoms with Crippen molar-refractivity contribution >= 4 is 17.5 Å². The average molecular weight is 377 g/mol. The van der Waals surface area contributed by atoms with E-state index in [0.717, 1.165) is 29.1 Å². The van der Waals surface area contributed by atoms with E-state index >= 15 is 0 Å². The fourth-order valence-electron chi connectivity index (χ4n) is 2.82. The SMILES string of the molecule is CN(CCNC(=O)Cn1ncc2c1-c1cc(Cl)ccc1OC2)C(C)(C)C. The number of rotatable bonds is 5. The van der Waals surface area contributed by atoms with Gasteiger partial charge in [-0.15, -0.1) is 0 Å². The van der Waals surface area contributed by atoms with Gasteiger partial charge in [0.1, 0.15) is 18.9 Å². The highest BCUT2D eigenvalue weighted by atomic mass is 35.5. The molecule has 2 heterocycles. The van der Waals surface area contributed by atoms with Crippen molar-refractivity contribution in [3.05, 3.63) is 35.0 Å². The minimum absolute atomic E-state index is 0.0618. The van der Waals surface area contributed by atoms with Crippen molar-refractivity contribution in [2.24, 2.45) is 0 Å². The maximum absolute atomic E-state index is 12.4. The van der Waals surface area contributed by atoms with Gasteiger partial charge in [0.25, 0.3) is 0 Å². The maximum Gasteiger partial charge on any atom is 0.241 e. The largest absolute Gasteiger partial charge is 0.488 e. The first kappa shape index (κ1) is 18.7. The summed E-state index contributed by atoms with van der Waals surface area (Å²) >= 11 is 6.13. The van der Waals surface area contributed by atoms with Crippen LogP contribution in [0.5, 0.6) is 5.75 Å². The highest BCUT2D eigenvalue weighted by molar-refractivity contribution is 6.31. The number of carbonyl (C=O) groups is 1. The van der Waals surface area contributed by atoms with Crippen LogP contribution in [-0.4, -0.2) is 46.3 Å². The molecular formula is C19H25ClN4O2. The summed E-state index contributed by atoms with van der Waals surface area (Å²) in [7, 11) is 2.05. The monoisotopic (exact) mass is 376 g/mol. The molecule has 0 spiro atoms. The second-order valence-corrected chi connectivity index (χ2v) is 7.98. The van der Waals surface area contributed by atoms with Crippen molar-refractivity contribution in [2.45, 2.75) is 39.5 Å². The highest BCUT2D eigenvalue weighted by Gasteiger charge is 2.23. The van der Waals surface area contributed by atoms with E-state index in [9.17, 15) is 4.79 Å². The molecule has 0 radical (unpaired) electrons. The van der Waals surface area contributed by atoms with E-state index < -0.39 is 0 Å². The van der Waals surface area contributed by atoms with E-state index in [1.165, 1.54) is 0 Å². The van der Waals surface area contributed by atoms with Gasteiger partial charge in [0.05, 0.1) is 11.9 Å². The van der Waals surface area contributed by atoms with Crippen LogP contribution in [0.1, 0.15) is 26.3 Å². The zero-order chi connectivity index (χ0) is 18.9. The van der Waals surface area contributed by atoms with E-state index in [0.29, 0.717) is 18.2 Å². The van der Waals surface area contributed by atoms with Crippen LogP contribution in [0.4, 0.5) is 0 Å². The molecule has 1 aliphatic rings. The summed E-state index contributed by atoms with van der Waals surface area (Å²) < 4.78 is 7.45. The molecule has 0 unspecified atom stereocenters. The number of hydrogen-bond acceptors (Lipinski definition) is 4. The first-order valence-electron chi connectivity index (χ1n) is 8.71. The lowest BCUT2D eigenvalue weighted by atomic mass is 10.0. The summed E-state index contributed by atoms with van der Waals surface area (Å²) in [6.45, 7) is 8.45. The van der Waals surface area contributed by atoms with E-state index in [-0.39, 0.29) is 18.0 Å². The number of hydrogen-bond donors (Lipinski definition) is 1. The van der Waals surface area contributed by atoms with Gasteiger partial charge in [0.2, 0.25) is 5.91 Å². The van der Waals surface area contributed by atoms with Crippen LogP contribution in [0.3, 0.4) is 0 Å². The van der Waals surface area contributed by atoms with Crippen molar-refractivity contribution in [1.29, 1.82) is 0 Å². The number of fused-ring (bicyclic) bond motifs is 3. The lowest BCUT2D eigenvalue weighted by Gasteiger charge is -2.31. The second kappa shape index (κ2) is 7.29. The first-order chi connectivity index (χ1) is 12.3. The summed E-state index contributed by atoms with van der Waals surface area (Å²) in [5, 5.41) is 7.97. The van der Waals surface area contributed by atoms with Crippen LogP contribution in [0.25, 0.3) is 11.3 Å². The molecule has 6 nitrogen and oxygen atoms in total. The molecule has 0 saturated carbocycles. The molecule has 3 rings (SSSR count). The quantitative estimate of drug-likeness (QED) is 0.871. The molecule has 1 aromatic heterocycles. The lowest BCUT2D eigenvalue weighted by Crippen LogP contribution is -2.43. The third-order valence-electron chi connectivity index (χ3n) is 4.70. The molecule has 1 aromatic carbocycles. The number of halogens is 1.